The molecule has 1 fully saturated rings. The highest BCUT2D eigenvalue weighted by molar-refractivity contribution is 5.65. The van der Waals surface area contributed by atoms with E-state index in [-0.39, 0.29) is 12.6 Å². The van der Waals surface area contributed by atoms with Crippen LogP contribution in [-0.4, -0.2) is 38.9 Å². The Labute approximate surface area is 113 Å². The molecule has 5 heteroatoms. The number of para-hydroxylation sites is 1. The third-order valence-electron chi connectivity index (χ3n) is 3.32. The Morgan fingerprint density at radius 2 is 2.00 bits per heavy atom. The van der Waals surface area contributed by atoms with E-state index in [0.717, 1.165) is 23.7 Å². The van der Waals surface area contributed by atoms with E-state index in [9.17, 15) is 0 Å². The second-order valence-corrected chi connectivity index (χ2v) is 4.61. The molecule has 1 aromatic rings. The number of likely N-dealkylation sites (N-methyl/N-ethyl adjacent to an activating group) is 1. The quantitative estimate of drug-likeness (QED) is 0.832. The van der Waals surface area contributed by atoms with Gasteiger partial charge in [-0.25, -0.2) is 0 Å². The van der Waals surface area contributed by atoms with Gasteiger partial charge in [0.25, 0.3) is 0 Å². The fraction of sp³-hybridized carbons (Fsp3) is 0.571. The number of rotatable bonds is 4. The smallest absolute Gasteiger partial charge is 0.184 e. The van der Waals surface area contributed by atoms with Crippen molar-refractivity contribution in [1.29, 1.82) is 0 Å². The number of hydrogen-bond donors (Lipinski definition) is 0. The molecular weight excluding hydrogens is 246 g/mol. The van der Waals surface area contributed by atoms with Crippen molar-refractivity contribution in [2.75, 3.05) is 31.2 Å². The van der Waals surface area contributed by atoms with Crippen LogP contribution in [0.2, 0.25) is 0 Å². The summed E-state index contributed by atoms with van der Waals surface area (Å²) < 4.78 is 22.4. The van der Waals surface area contributed by atoms with Crippen molar-refractivity contribution < 1.29 is 18.9 Å². The number of ether oxygens (including phenoxy) is 4. The van der Waals surface area contributed by atoms with Gasteiger partial charge in [-0.2, -0.15) is 0 Å². The summed E-state index contributed by atoms with van der Waals surface area (Å²) in [6, 6.07) is 5.96. The Morgan fingerprint density at radius 3 is 2.74 bits per heavy atom. The highest BCUT2D eigenvalue weighted by atomic mass is 16.9. The van der Waals surface area contributed by atoms with Gasteiger partial charge in [0.15, 0.2) is 24.1 Å². The second-order valence-electron chi connectivity index (χ2n) is 4.61. The predicted octanol–water partition coefficient (Wildman–Crippen LogP) is 2.00. The maximum Gasteiger partial charge on any atom is 0.184 e. The number of hydrogen-bond acceptors (Lipinski definition) is 5. The highest BCUT2D eigenvalue weighted by Gasteiger charge is 2.30. The Kier molecular flexibility index (Phi) is 3.48. The maximum atomic E-state index is 5.74. The van der Waals surface area contributed by atoms with Crippen molar-refractivity contribution in [3.05, 3.63) is 18.2 Å². The third-order valence-corrected chi connectivity index (χ3v) is 3.32. The fourth-order valence-electron chi connectivity index (χ4n) is 2.41. The molecule has 1 saturated heterocycles. The lowest BCUT2D eigenvalue weighted by Crippen LogP contribution is -2.47. The molecule has 3 rings (SSSR count). The monoisotopic (exact) mass is 265 g/mol. The predicted molar refractivity (Wildman–Crippen MR) is 70.7 cm³/mol. The zero-order valence-corrected chi connectivity index (χ0v) is 11.3. The lowest BCUT2D eigenvalue weighted by molar-refractivity contribution is -0.370. The Hall–Kier alpha value is -1.46. The second kappa shape index (κ2) is 5.27. The van der Waals surface area contributed by atoms with Gasteiger partial charge in [0.2, 0.25) is 0 Å². The number of nitrogens with zero attached hydrogens (tertiary/aromatic N) is 1. The topological polar surface area (TPSA) is 40.2 Å². The molecule has 0 bridgehead atoms. The van der Waals surface area contributed by atoms with E-state index in [1.54, 1.807) is 0 Å². The summed E-state index contributed by atoms with van der Waals surface area (Å²) in [5.41, 5.74) is 1.03. The van der Waals surface area contributed by atoms with Crippen LogP contribution in [-0.2, 0) is 9.47 Å². The Morgan fingerprint density at radius 1 is 1.21 bits per heavy atom. The van der Waals surface area contributed by atoms with Crippen LogP contribution in [0.25, 0.3) is 0 Å². The molecule has 0 atom stereocenters. The first-order valence-electron chi connectivity index (χ1n) is 6.72. The van der Waals surface area contributed by atoms with Gasteiger partial charge in [0.05, 0.1) is 12.2 Å². The molecule has 2 aliphatic rings. The summed E-state index contributed by atoms with van der Waals surface area (Å²) >= 11 is 0. The standard InChI is InChI=1S/C14H19NO4/c1-3-15(9-13-18-10(2)19-13)11-5-4-6-12-14(11)17-8-7-16-12/h4-6,10,13H,3,7-9H2,1-2H3. The summed E-state index contributed by atoms with van der Waals surface area (Å²) in [5, 5.41) is 0. The molecule has 0 radical (unpaired) electrons. The van der Waals surface area contributed by atoms with Crippen LogP contribution in [0, 0.1) is 0 Å². The Balaban J connectivity index is 1.78. The molecular formula is C14H19NO4. The lowest BCUT2D eigenvalue weighted by atomic mass is 10.2. The molecule has 0 spiro atoms. The molecule has 2 aliphatic heterocycles. The van der Waals surface area contributed by atoms with Crippen molar-refractivity contribution in [3.63, 3.8) is 0 Å². The number of fused-ring (bicyclic) bond motifs is 1. The van der Waals surface area contributed by atoms with Gasteiger partial charge in [-0.05, 0) is 26.0 Å². The van der Waals surface area contributed by atoms with Crippen molar-refractivity contribution in [2.24, 2.45) is 0 Å². The fourth-order valence-corrected chi connectivity index (χ4v) is 2.41. The van der Waals surface area contributed by atoms with Gasteiger partial charge in [0.1, 0.15) is 13.2 Å². The first-order chi connectivity index (χ1) is 9.28. The number of anilines is 1. The maximum absolute atomic E-state index is 5.74. The molecule has 19 heavy (non-hydrogen) atoms. The molecule has 5 nitrogen and oxygen atoms in total. The first-order valence-corrected chi connectivity index (χ1v) is 6.72. The molecule has 104 valence electrons. The van der Waals surface area contributed by atoms with Crippen LogP contribution < -0.4 is 14.4 Å². The van der Waals surface area contributed by atoms with Gasteiger partial charge >= 0.3 is 0 Å². The van der Waals surface area contributed by atoms with E-state index in [2.05, 4.69) is 11.8 Å². The van der Waals surface area contributed by atoms with Crippen LogP contribution in [0.4, 0.5) is 5.69 Å². The number of benzene rings is 1. The van der Waals surface area contributed by atoms with E-state index in [1.165, 1.54) is 0 Å². The van der Waals surface area contributed by atoms with E-state index in [0.29, 0.717) is 19.8 Å². The van der Waals surface area contributed by atoms with Gasteiger partial charge in [-0.3, -0.25) is 0 Å². The largest absolute Gasteiger partial charge is 0.486 e. The van der Waals surface area contributed by atoms with E-state index >= 15 is 0 Å². The molecule has 1 aromatic carbocycles. The van der Waals surface area contributed by atoms with Crippen LogP contribution in [0.5, 0.6) is 11.5 Å². The first kappa shape index (κ1) is 12.6. The van der Waals surface area contributed by atoms with Crippen molar-refractivity contribution >= 4 is 5.69 Å². The van der Waals surface area contributed by atoms with Crippen molar-refractivity contribution in [3.8, 4) is 11.5 Å². The normalized spacial score (nSPS) is 24.7. The SMILES string of the molecule is CCN(CC1OC(C)O1)c1cccc2c1OCCO2. The molecule has 0 unspecified atom stereocenters. The average Bonchev–Trinajstić information content (AvgIpc) is 2.42. The minimum absolute atomic E-state index is 0.0898. The minimum Gasteiger partial charge on any atom is -0.486 e. The summed E-state index contributed by atoms with van der Waals surface area (Å²) in [4.78, 5) is 2.18. The molecule has 0 N–H and O–H groups in total. The van der Waals surface area contributed by atoms with E-state index in [4.69, 9.17) is 18.9 Å². The van der Waals surface area contributed by atoms with Crippen LogP contribution in [0.1, 0.15) is 13.8 Å². The van der Waals surface area contributed by atoms with Gasteiger partial charge in [0, 0.05) is 6.54 Å². The molecule has 0 saturated carbocycles. The van der Waals surface area contributed by atoms with Gasteiger partial charge in [-0.1, -0.05) is 6.07 Å². The summed E-state index contributed by atoms with van der Waals surface area (Å²) in [7, 11) is 0. The third kappa shape index (κ3) is 2.48. The van der Waals surface area contributed by atoms with Gasteiger partial charge < -0.3 is 23.8 Å². The van der Waals surface area contributed by atoms with Gasteiger partial charge in [-0.15, -0.1) is 0 Å². The Bertz CT molecular complexity index is 445. The minimum atomic E-state index is -0.157. The zero-order chi connectivity index (χ0) is 13.2. The zero-order valence-electron chi connectivity index (χ0n) is 11.3. The average molecular weight is 265 g/mol. The van der Waals surface area contributed by atoms with Crippen molar-refractivity contribution in [2.45, 2.75) is 26.4 Å². The molecule has 0 amide bonds. The van der Waals surface area contributed by atoms with Crippen LogP contribution >= 0.6 is 0 Å². The summed E-state index contributed by atoms with van der Waals surface area (Å²) in [6.45, 7) is 6.75. The molecule has 0 aliphatic carbocycles. The molecule has 0 aromatic heterocycles. The lowest BCUT2D eigenvalue weighted by Gasteiger charge is -2.38. The van der Waals surface area contributed by atoms with Crippen LogP contribution in [0.3, 0.4) is 0 Å². The molecule has 2 heterocycles. The van der Waals surface area contributed by atoms with Crippen molar-refractivity contribution in [1.82, 2.24) is 0 Å². The summed E-state index contributed by atoms with van der Waals surface area (Å²) in [6.07, 6.45) is -0.247. The van der Waals surface area contributed by atoms with E-state index < -0.39 is 0 Å². The van der Waals surface area contributed by atoms with E-state index in [1.807, 2.05) is 25.1 Å². The van der Waals surface area contributed by atoms with Crippen LogP contribution in [0.15, 0.2) is 18.2 Å². The summed E-state index contributed by atoms with van der Waals surface area (Å²) in [5.74, 6) is 1.63. The highest BCUT2D eigenvalue weighted by Crippen LogP contribution is 2.39.